The van der Waals surface area contributed by atoms with Gasteiger partial charge in [-0.15, -0.1) is 0 Å². The third-order valence-electron chi connectivity index (χ3n) is 1.82. The van der Waals surface area contributed by atoms with Gasteiger partial charge in [0.2, 0.25) is 0 Å². The van der Waals surface area contributed by atoms with E-state index in [4.69, 9.17) is 10.00 Å². The number of benzene rings is 1. The van der Waals surface area contributed by atoms with Crippen LogP contribution in [-0.4, -0.2) is 17.1 Å². The van der Waals surface area contributed by atoms with Gasteiger partial charge in [0.25, 0.3) is 0 Å². The first kappa shape index (κ1) is 11.5. The van der Waals surface area contributed by atoms with Crippen molar-refractivity contribution in [2.24, 2.45) is 0 Å². The van der Waals surface area contributed by atoms with E-state index in [1.165, 1.54) is 31.4 Å². The van der Waals surface area contributed by atoms with E-state index in [1.807, 2.05) is 0 Å². The number of nitro groups is 1. The molecule has 0 amide bonds. The van der Waals surface area contributed by atoms with Gasteiger partial charge in [0.05, 0.1) is 12.0 Å². The molecule has 1 N–H and O–H groups in total. The van der Waals surface area contributed by atoms with Crippen LogP contribution < -0.4 is 4.74 Å². The number of phenols is 1. The Morgan fingerprint density at radius 2 is 2.38 bits per heavy atom. The van der Waals surface area contributed by atoms with Crippen LogP contribution in [-0.2, 0) is 0 Å². The van der Waals surface area contributed by atoms with E-state index >= 15 is 0 Å². The summed E-state index contributed by atoms with van der Waals surface area (Å²) in [5, 5.41) is 28.2. The van der Waals surface area contributed by atoms with E-state index in [0.717, 1.165) is 6.08 Å². The molecule has 6 heteroatoms. The molecule has 1 aromatic rings. The van der Waals surface area contributed by atoms with Crippen molar-refractivity contribution in [2.75, 3.05) is 7.11 Å². The van der Waals surface area contributed by atoms with E-state index < -0.39 is 10.6 Å². The highest BCUT2D eigenvalue weighted by atomic mass is 16.6. The maximum Gasteiger partial charge on any atom is 0.346 e. The summed E-state index contributed by atoms with van der Waals surface area (Å²) in [5.74, 6) is 0.119. The third-order valence-corrected chi connectivity index (χ3v) is 1.82. The number of phenolic OH excluding ortho intramolecular Hbond substituents is 1. The van der Waals surface area contributed by atoms with Crippen LogP contribution in [0.15, 0.2) is 23.9 Å². The van der Waals surface area contributed by atoms with Crippen molar-refractivity contribution >= 4 is 6.08 Å². The first-order chi connectivity index (χ1) is 7.58. The number of aromatic hydroxyl groups is 1. The van der Waals surface area contributed by atoms with Gasteiger partial charge in [-0.05, 0) is 17.7 Å². The average Bonchev–Trinajstić information content (AvgIpc) is 2.27. The zero-order valence-electron chi connectivity index (χ0n) is 8.38. The zero-order chi connectivity index (χ0) is 12.1. The van der Waals surface area contributed by atoms with Gasteiger partial charge >= 0.3 is 5.70 Å². The first-order valence-corrected chi connectivity index (χ1v) is 4.21. The zero-order valence-corrected chi connectivity index (χ0v) is 8.38. The summed E-state index contributed by atoms with van der Waals surface area (Å²) < 4.78 is 4.83. The molecular weight excluding hydrogens is 212 g/mol. The molecule has 16 heavy (non-hydrogen) atoms. The number of hydrogen-bond acceptors (Lipinski definition) is 5. The van der Waals surface area contributed by atoms with Gasteiger partial charge in [-0.1, -0.05) is 6.07 Å². The Labute approximate surface area is 91.2 Å². The number of nitriles is 1. The number of methoxy groups -OCH3 is 1. The molecule has 0 fully saturated rings. The van der Waals surface area contributed by atoms with Crippen molar-refractivity contribution in [1.29, 1.82) is 5.26 Å². The topological polar surface area (TPSA) is 96.4 Å². The predicted molar refractivity (Wildman–Crippen MR) is 55.2 cm³/mol. The van der Waals surface area contributed by atoms with Crippen molar-refractivity contribution in [1.82, 2.24) is 0 Å². The van der Waals surface area contributed by atoms with Gasteiger partial charge in [-0.3, -0.25) is 10.1 Å². The van der Waals surface area contributed by atoms with Crippen LogP contribution in [0.2, 0.25) is 0 Å². The summed E-state index contributed by atoms with van der Waals surface area (Å²) in [6, 6.07) is 5.64. The molecule has 0 heterocycles. The lowest BCUT2D eigenvalue weighted by Crippen LogP contribution is -1.95. The van der Waals surface area contributed by atoms with Gasteiger partial charge in [-0.25, -0.2) is 0 Å². The Morgan fingerprint density at radius 1 is 1.69 bits per heavy atom. The highest BCUT2D eigenvalue weighted by Gasteiger charge is 2.09. The van der Waals surface area contributed by atoms with E-state index in [2.05, 4.69) is 0 Å². The smallest absolute Gasteiger partial charge is 0.346 e. The van der Waals surface area contributed by atoms with Gasteiger partial charge < -0.3 is 9.84 Å². The predicted octanol–water partition coefficient (Wildman–Crippen LogP) is 1.54. The number of rotatable bonds is 3. The van der Waals surface area contributed by atoms with Crippen LogP contribution in [0, 0.1) is 21.4 Å². The normalized spacial score (nSPS) is 10.6. The molecular formula is C10H8N2O4. The molecule has 0 saturated carbocycles. The molecule has 1 rings (SSSR count). The third kappa shape index (κ3) is 2.48. The molecule has 0 atom stereocenters. The van der Waals surface area contributed by atoms with Crippen molar-refractivity contribution in [3.63, 3.8) is 0 Å². The molecule has 6 nitrogen and oxygen atoms in total. The molecule has 1 aromatic carbocycles. The minimum atomic E-state index is -0.778. The van der Waals surface area contributed by atoms with E-state index in [1.54, 1.807) is 0 Å². The van der Waals surface area contributed by atoms with E-state index in [-0.39, 0.29) is 11.5 Å². The summed E-state index contributed by atoms with van der Waals surface area (Å²) in [6.07, 6.45) is 1.10. The number of hydrogen-bond donors (Lipinski definition) is 1. The maximum absolute atomic E-state index is 10.4. The molecule has 0 radical (unpaired) electrons. The number of nitrogens with zero attached hydrogens (tertiary/aromatic N) is 2. The molecule has 82 valence electrons. The largest absolute Gasteiger partial charge is 0.504 e. The van der Waals surface area contributed by atoms with Crippen LogP contribution in [0.4, 0.5) is 0 Å². The van der Waals surface area contributed by atoms with Crippen molar-refractivity contribution in [2.45, 2.75) is 0 Å². The second-order valence-corrected chi connectivity index (χ2v) is 2.83. The average molecular weight is 220 g/mol. The Kier molecular flexibility index (Phi) is 3.45. The van der Waals surface area contributed by atoms with Crippen LogP contribution >= 0.6 is 0 Å². The van der Waals surface area contributed by atoms with Crippen LogP contribution in [0.5, 0.6) is 11.5 Å². The first-order valence-electron chi connectivity index (χ1n) is 4.21. The van der Waals surface area contributed by atoms with Gasteiger partial charge in [0.15, 0.2) is 17.6 Å². The monoisotopic (exact) mass is 220 g/mol. The molecule has 0 aliphatic rings. The minimum Gasteiger partial charge on any atom is -0.504 e. The molecule has 0 unspecified atom stereocenters. The lowest BCUT2D eigenvalue weighted by molar-refractivity contribution is -0.415. The Balaban J connectivity index is 3.16. The highest BCUT2D eigenvalue weighted by molar-refractivity contribution is 5.58. The summed E-state index contributed by atoms with van der Waals surface area (Å²) >= 11 is 0. The van der Waals surface area contributed by atoms with Crippen LogP contribution in [0.1, 0.15) is 5.56 Å². The molecule has 0 aliphatic heterocycles. The number of ether oxygens (including phenoxy) is 1. The summed E-state index contributed by atoms with van der Waals surface area (Å²) in [6.45, 7) is 0. The molecule has 0 spiro atoms. The second kappa shape index (κ2) is 4.79. The summed E-state index contributed by atoms with van der Waals surface area (Å²) in [5.41, 5.74) is -0.171. The standard InChI is InChI=1S/C10H8N2O4/c1-16-10-5-7(2-3-9(10)13)4-8(6-11)12(14)15/h2-5,13H,1H3/b8-4-. The fraction of sp³-hybridized carbons (Fsp3) is 0.100. The van der Waals surface area contributed by atoms with E-state index in [9.17, 15) is 15.2 Å². The Morgan fingerprint density at radius 3 is 2.88 bits per heavy atom. The quantitative estimate of drug-likeness (QED) is 0.473. The minimum absolute atomic E-state index is 0.0701. The van der Waals surface area contributed by atoms with Crippen LogP contribution in [0.3, 0.4) is 0 Å². The SMILES string of the molecule is COc1cc(/C=C(/C#N)[N+](=O)[O-])ccc1O. The molecule has 0 bridgehead atoms. The Hall–Kier alpha value is -2.55. The van der Waals surface area contributed by atoms with Gasteiger partial charge in [0, 0.05) is 6.08 Å². The lowest BCUT2D eigenvalue weighted by atomic mass is 10.2. The molecule has 0 aromatic heterocycles. The molecule has 0 aliphatic carbocycles. The lowest BCUT2D eigenvalue weighted by Gasteiger charge is -2.03. The van der Waals surface area contributed by atoms with Crippen molar-refractivity contribution in [3.05, 3.63) is 39.6 Å². The van der Waals surface area contributed by atoms with E-state index in [0.29, 0.717) is 5.56 Å². The summed E-state index contributed by atoms with van der Waals surface area (Å²) in [4.78, 5) is 9.61. The van der Waals surface area contributed by atoms with Gasteiger partial charge in [-0.2, -0.15) is 5.26 Å². The second-order valence-electron chi connectivity index (χ2n) is 2.83. The van der Waals surface area contributed by atoms with Gasteiger partial charge in [0.1, 0.15) is 0 Å². The summed E-state index contributed by atoms with van der Waals surface area (Å²) in [7, 11) is 1.36. The van der Waals surface area contributed by atoms with Crippen molar-refractivity contribution in [3.8, 4) is 17.6 Å². The van der Waals surface area contributed by atoms with Crippen LogP contribution in [0.25, 0.3) is 6.08 Å². The Bertz CT molecular complexity index is 488. The van der Waals surface area contributed by atoms with Crippen molar-refractivity contribution < 1.29 is 14.8 Å². The fourth-order valence-corrected chi connectivity index (χ4v) is 1.07. The molecule has 0 saturated heterocycles. The maximum atomic E-state index is 10.4. The highest BCUT2D eigenvalue weighted by Crippen LogP contribution is 2.27. The number of allylic oxidation sites excluding steroid dienone is 1. The fourth-order valence-electron chi connectivity index (χ4n) is 1.07.